The number of hydrogen-bond acceptors (Lipinski definition) is 3. The molecule has 0 radical (unpaired) electrons. The lowest BCUT2D eigenvalue weighted by molar-refractivity contribution is -0.0124. The topological polar surface area (TPSA) is 48.4 Å². The van der Waals surface area contributed by atoms with Gasteiger partial charge in [-0.25, -0.2) is 0 Å². The maximum Gasteiger partial charge on any atom is 0.136 e. The van der Waals surface area contributed by atoms with Gasteiger partial charge in [0.2, 0.25) is 0 Å². The molecule has 14 heavy (non-hydrogen) atoms. The summed E-state index contributed by atoms with van der Waals surface area (Å²) < 4.78 is 11.7. The number of ether oxygens (including phenoxy) is 1. The van der Waals surface area contributed by atoms with Crippen LogP contribution < -0.4 is 5.73 Å². The van der Waals surface area contributed by atoms with Crippen molar-refractivity contribution in [3.8, 4) is 0 Å². The van der Waals surface area contributed by atoms with E-state index in [0.29, 0.717) is 6.61 Å². The van der Waals surface area contributed by atoms with E-state index in [-0.39, 0.29) is 11.6 Å². The van der Waals surface area contributed by atoms with Crippen LogP contribution in [0.3, 0.4) is 0 Å². The van der Waals surface area contributed by atoms with Gasteiger partial charge < -0.3 is 14.9 Å². The first-order valence-corrected chi connectivity index (χ1v) is 5.32. The SMILES string of the molecule is CC(C)(C)OCC(N)c1occc1Br. The highest BCUT2D eigenvalue weighted by molar-refractivity contribution is 9.10. The molecule has 3 nitrogen and oxygen atoms in total. The normalized spacial score (nSPS) is 14.4. The number of halogens is 1. The zero-order valence-electron chi connectivity index (χ0n) is 8.71. The van der Waals surface area contributed by atoms with Crippen molar-refractivity contribution >= 4 is 15.9 Å². The molecular weight excluding hydrogens is 246 g/mol. The second-order valence-corrected chi connectivity index (χ2v) is 5.02. The summed E-state index contributed by atoms with van der Waals surface area (Å²) in [5, 5.41) is 0. The molecule has 1 rings (SSSR count). The van der Waals surface area contributed by atoms with E-state index < -0.39 is 0 Å². The Morgan fingerprint density at radius 2 is 2.21 bits per heavy atom. The summed E-state index contributed by atoms with van der Waals surface area (Å²) in [6.07, 6.45) is 1.61. The molecule has 1 atom stereocenters. The number of rotatable bonds is 3. The molecule has 0 saturated carbocycles. The van der Waals surface area contributed by atoms with Crippen LogP contribution in [0.25, 0.3) is 0 Å². The summed E-state index contributed by atoms with van der Waals surface area (Å²) in [7, 11) is 0. The second kappa shape index (κ2) is 4.47. The lowest BCUT2D eigenvalue weighted by Crippen LogP contribution is -2.26. The summed E-state index contributed by atoms with van der Waals surface area (Å²) in [5.41, 5.74) is 5.73. The van der Waals surface area contributed by atoms with Gasteiger partial charge in [-0.15, -0.1) is 0 Å². The third kappa shape index (κ3) is 3.44. The molecule has 0 aliphatic rings. The Hall–Kier alpha value is -0.320. The van der Waals surface area contributed by atoms with Crippen molar-refractivity contribution in [3.05, 3.63) is 22.6 Å². The van der Waals surface area contributed by atoms with Crippen molar-refractivity contribution in [2.45, 2.75) is 32.4 Å². The van der Waals surface area contributed by atoms with Gasteiger partial charge in [0.05, 0.1) is 29.0 Å². The molecule has 1 aromatic rings. The minimum atomic E-state index is -0.224. The van der Waals surface area contributed by atoms with Gasteiger partial charge in [0, 0.05) is 0 Å². The van der Waals surface area contributed by atoms with Gasteiger partial charge >= 0.3 is 0 Å². The Bertz CT molecular complexity index is 291. The molecule has 0 aliphatic heterocycles. The molecular formula is C10H16BrNO2. The smallest absolute Gasteiger partial charge is 0.136 e. The highest BCUT2D eigenvalue weighted by Gasteiger charge is 2.17. The van der Waals surface area contributed by atoms with Crippen LogP contribution in [0.2, 0.25) is 0 Å². The molecule has 0 aliphatic carbocycles. The molecule has 2 N–H and O–H groups in total. The molecule has 0 saturated heterocycles. The monoisotopic (exact) mass is 261 g/mol. The average molecular weight is 262 g/mol. The second-order valence-electron chi connectivity index (χ2n) is 4.16. The predicted octanol–water partition coefficient (Wildman–Crippen LogP) is 2.86. The van der Waals surface area contributed by atoms with Crippen LogP contribution in [-0.2, 0) is 4.74 Å². The Morgan fingerprint density at radius 1 is 1.57 bits per heavy atom. The number of nitrogens with two attached hydrogens (primary N) is 1. The summed E-state index contributed by atoms with van der Waals surface area (Å²) in [4.78, 5) is 0. The fourth-order valence-electron chi connectivity index (χ4n) is 0.985. The van der Waals surface area contributed by atoms with Crippen LogP contribution in [-0.4, -0.2) is 12.2 Å². The van der Waals surface area contributed by atoms with E-state index in [9.17, 15) is 0 Å². The zero-order chi connectivity index (χ0) is 10.8. The molecule has 0 bridgehead atoms. The van der Waals surface area contributed by atoms with E-state index in [1.165, 1.54) is 0 Å². The summed E-state index contributed by atoms with van der Waals surface area (Å²) >= 11 is 3.36. The Balaban J connectivity index is 2.51. The van der Waals surface area contributed by atoms with E-state index in [4.69, 9.17) is 14.9 Å². The first-order chi connectivity index (χ1) is 6.40. The predicted molar refractivity (Wildman–Crippen MR) is 59.0 cm³/mol. The Kier molecular flexibility index (Phi) is 3.75. The van der Waals surface area contributed by atoms with Crippen LogP contribution in [0.4, 0.5) is 0 Å². The molecule has 80 valence electrons. The molecule has 0 amide bonds. The Morgan fingerprint density at radius 3 is 2.64 bits per heavy atom. The van der Waals surface area contributed by atoms with Crippen LogP contribution in [0.15, 0.2) is 21.2 Å². The molecule has 0 spiro atoms. The van der Waals surface area contributed by atoms with Gasteiger partial charge in [0.1, 0.15) is 5.76 Å². The zero-order valence-corrected chi connectivity index (χ0v) is 10.3. The van der Waals surface area contributed by atoms with Crippen LogP contribution in [0.1, 0.15) is 32.6 Å². The molecule has 1 aromatic heterocycles. The molecule has 0 fully saturated rings. The van der Waals surface area contributed by atoms with E-state index in [1.54, 1.807) is 6.26 Å². The van der Waals surface area contributed by atoms with Crippen molar-refractivity contribution in [1.29, 1.82) is 0 Å². The fourth-order valence-corrected chi connectivity index (χ4v) is 1.48. The minimum absolute atomic E-state index is 0.170. The van der Waals surface area contributed by atoms with Crippen molar-refractivity contribution < 1.29 is 9.15 Å². The van der Waals surface area contributed by atoms with Gasteiger partial charge in [-0.05, 0) is 42.8 Å². The van der Waals surface area contributed by atoms with Crippen molar-refractivity contribution in [3.63, 3.8) is 0 Å². The molecule has 1 unspecified atom stereocenters. The van der Waals surface area contributed by atoms with Crippen LogP contribution in [0, 0.1) is 0 Å². The van der Waals surface area contributed by atoms with E-state index in [1.807, 2.05) is 26.8 Å². The molecule has 1 heterocycles. The van der Waals surface area contributed by atoms with E-state index in [2.05, 4.69) is 15.9 Å². The van der Waals surface area contributed by atoms with E-state index >= 15 is 0 Å². The van der Waals surface area contributed by atoms with Crippen molar-refractivity contribution in [2.75, 3.05) is 6.61 Å². The molecule has 4 heteroatoms. The van der Waals surface area contributed by atoms with Gasteiger partial charge in [0.15, 0.2) is 0 Å². The number of hydrogen-bond donors (Lipinski definition) is 1. The summed E-state index contributed by atoms with van der Waals surface area (Å²) in [6.45, 7) is 6.44. The molecule has 0 aromatic carbocycles. The maximum absolute atomic E-state index is 5.90. The van der Waals surface area contributed by atoms with Crippen LogP contribution >= 0.6 is 15.9 Å². The first-order valence-electron chi connectivity index (χ1n) is 4.52. The minimum Gasteiger partial charge on any atom is -0.466 e. The standard InChI is InChI=1S/C10H16BrNO2/c1-10(2,3)14-6-8(12)9-7(11)4-5-13-9/h4-5,8H,6,12H2,1-3H3. The highest BCUT2D eigenvalue weighted by Crippen LogP contribution is 2.24. The lowest BCUT2D eigenvalue weighted by atomic mass is 10.2. The third-order valence-corrected chi connectivity index (χ3v) is 2.33. The van der Waals surface area contributed by atoms with Gasteiger partial charge in [-0.1, -0.05) is 0 Å². The lowest BCUT2D eigenvalue weighted by Gasteiger charge is -2.21. The van der Waals surface area contributed by atoms with Gasteiger partial charge in [-0.3, -0.25) is 0 Å². The number of furan rings is 1. The Labute approximate surface area is 92.7 Å². The van der Waals surface area contributed by atoms with Crippen LogP contribution in [0.5, 0.6) is 0 Å². The van der Waals surface area contributed by atoms with Crippen molar-refractivity contribution in [1.82, 2.24) is 0 Å². The van der Waals surface area contributed by atoms with Gasteiger partial charge in [0.25, 0.3) is 0 Å². The third-order valence-electron chi connectivity index (χ3n) is 1.68. The van der Waals surface area contributed by atoms with E-state index in [0.717, 1.165) is 10.2 Å². The summed E-state index contributed by atoms with van der Waals surface area (Å²) in [6, 6.07) is 1.60. The highest BCUT2D eigenvalue weighted by atomic mass is 79.9. The quantitative estimate of drug-likeness (QED) is 0.911. The van der Waals surface area contributed by atoms with Gasteiger partial charge in [-0.2, -0.15) is 0 Å². The first kappa shape index (κ1) is 11.8. The van der Waals surface area contributed by atoms with Crippen molar-refractivity contribution in [2.24, 2.45) is 5.73 Å². The fraction of sp³-hybridized carbons (Fsp3) is 0.600. The average Bonchev–Trinajstić information content (AvgIpc) is 2.46. The summed E-state index contributed by atoms with van der Waals surface area (Å²) in [5.74, 6) is 0.731. The largest absolute Gasteiger partial charge is 0.466 e. The maximum atomic E-state index is 5.90.